The second-order valence-electron chi connectivity index (χ2n) is 5.37. The number of aromatic nitrogens is 3. The molecule has 3 heterocycles. The number of hydrogen-bond donors (Lipinski definition) is 0. The zero-order valence-electron chi connectivity index (χ0n) is 13.1. The molecule has 3 aromatic heterocycles. The second kappa shape index (κ2) is 7.33. The topological polar surface area (TPSA) is 57.0 Å². The van der Waals surface area contributed by atoms with Crippen molar-refractivity contribution in [2.45, 2.75) is 17.5 Å². The molecule has 0 aliphatic carbocycles. The fourth-order valence-electron chi connectivity index (χ4n) is 2.46. The van der Waals surface area contributed by atoms with Gasteiger partial charge in [-0.3, -0.25) is 4.57 Å². The molecule has 0 amide bonds. The lowest BCUT2D eigenvalue weighted by atomic mass is 10.2. The summed E-state index contributed by atoms with van der Waals surface area (Å²) in [5.74, 6) is 3.02. The Morgan fingerprint density at radius 2 is 1.88 bits per heavy atom. The van der Waals surface area contributed by atoms with Crippen LogP contribution in [0, 0.1) is 0 Å². The van der Waals surface area contributed by atoms with E-state index in [-0.39, 0.29) is 0 Å². The van der Waals surface area contributed by atoms with E-state index in [2.05, 4.69) is 38.3 Å². The lowest BCUT2D eigenvalue weighted by Gasteiger charge is -2.07. The van der Waals surface area contributed by atoms with Gasteiger partial charge >= 0.3 is 0 Å². The number of rotatable bonds is 6. The molecule has 126 valence electrons. The average molecular weight is 416 g/mol. The molecule has 0 unspecified atom stereocenters. The van der Waals surface area contributed by atoms with Crippen molar-refractivity contribution in [2.24, 2.45) is 0 Å². The normalized spacial score (nSPS) is 11.1. The van der Waals surface area contributed by atoms with Crippen molar-refractivity contribution in [3.63, 3.8) is 0 Å². The number of benzene rings is 1. The van der Waals surface area contributed by atoms with Gasteiger partial charge in [-0.15, -0.1) is 10.2 Å². The van der Waals surface area contributed by atoms with Crippen LogP contribution in [0.25, 0.3) is 11.6 Å². The minimum absolute atomic E-state index is 0.552. The monoisotopic (exact) mass is 415 g/mol. The standard InChI is InChI=1S/C18H14BrN3O2S/c19-14-5-1-4-13(10-14)12-25-18-21-20-17(16-7-3-9-24-16)22(18)11-15-6-2-8-23-15/h1-10H,11-12H2. The van der Waals surface area contributed by atoms with Crippen LogP contribution < -0.4 is 0 Å². The van der Waals surface area contributed by atoms with E-state index in [1.807, 2.05) is 41.0 Å². The van der Waals surface area contributed by atoms with Crippen LogP contribution in [0.15, 0.2) is 79.5 Å². The van der Waals surface area contributed by atoms with Crippen molar-refractivity contribution < 1.29 is 8.83 Å². The van der Waals surface area contributed by atoms with Crippen molar-refractivity contribution in [2.75, 3.05) is 0 Å². The molecule has 0 spiro atoms. The van der Waals surface area contributed by atoms with Gasteiger partial charge in [0.2, 0.25) is 5.82 Å². The van der Waals surface area contributed by atoms with E-state index in [0.717, 1.165) is 21.1 Å². The second-order valence-corrected chi connectivity index (χ2v) is 7.23. The summed E-state index contributed by atoms with van der Waals surface area (Å²) < 4.78 is 14.1. The molecule has 0 atom stereocenters. The minimum Gasteiger partial charge on any atom is -0.467 e. The fraction of sp³-hybridized carbons (Fsp3) is 0.111. The number of nitrogens with zero attached hydrogens (tertiary/aromatic N) is 3. The van der Waals surface area contributed by atoms with Gasteiger partial charge in [0.05, 0.1) is 19.1 Å². The highest BCUT2D eigenvalue weighted by atomic mass is 79.9. The predicted octanol–water partition coefficient (Wildman–Crippen LogP) is 5.23. The summed E-state index contributed by atoms with van der Waals surface area (Å²) in [5.41, 5.74) is 1.21. The molecular weight excluding hydrogens is 402 g/mol. The van der Waals surface area contributed by atoms with E-state index in [0.29, 0.717) is 18.1 Å². The third-order valence-corrected chi connectivity index (χ3v) is 5.14. The van der Waals surface area contributed by atoms with Gasteiger partial charge in [-0.25, -0.2) is 0 Å². The summed E-state index contributed by atoms with van der Waals surface area (Å²) in [6, 6.07) is 15.8. The molecule has 0 saturated heterocycles. The van der Waals surface area contributed by atoms with Gasteiger partial charge in [0.1, 0.15) is 5.76 Å². The summed E-state index contributed by atoms with van der Waals surface area (Å²) in [4.78, 5) is 0. The SMILES string of the molecule is Brc1cccc(CSc2nnc(-c3ccco3)n2Cc2ccco2)c1. The van der Waals surface area contributed by atoms with Crippen LogP contribution >= 0.6 is 27.7 Å². The quantitative estimate of drug-likeness (QED) is 0.403. The zero-order chi connectivity index (χ0) is 17.1. The van der Waals surface area contributed by atoms with Crippen LogP contribution in [0.3, 0.4) is 0 Å². The average Bonchev–Trinajstić information content (AvgIpc) is 3.36. The van der Waals surface area contributed by atoms with Crippen molar-refractivity contribution in [1.29, 1.82) is 0 Å². The van der Waals surface area contributed by atoms with E-state index in [1.54, 1.807) is 24.3 Å². The maximum atomic E-state index is 5.50. The van der Waals surface area contributed by atoms with Crippen molar-refractivity contribution in [1.82, 2.24) is 14.8 Å². The van der Waals surface area contributed by atoms with Crippen molar-refractivity contribution in [3.05, 3.63) is 76.9 Å². The van der Waals surface area contributed by atoms with Gasteiger partial charge in [0.25, 0.3) is 0 Å². The van der Waals surface area contributed by atoms with Gasteiger partial charge in [-0.2, -0.15) is 0 Å². The van der Waals surface area contributed by atoms with Gasteiger partial charge < -0.3 is 8.83 Å². The Bertz CT molecular complexity index is 949. The molecule has 5 nitrogen and oxygen atoms in total. The van der Waals surface area contributed by atoms with Crippen LogP contribution in [0.4, 0.5) is 0 Å². The van der Waals surface area contributed by atoms with Gasteiger partial charge in [0, 0.05) is 10.2 Å². The molecule has 4 aromatic rings. The van der Waals surface area contributed by atoms with Gasteiger partial charge in [0.15, 0.2) is 10.9 Å². The van der Waals surface area contributed by atoms with Crippen LogP contribution in [0.2, 0.25) is 0 Å². The molecule has 25 heavy (non-hydrogen) atoms. The Balaban J connectivity index is 1.62. The van der Waals surface area contributed by atoms with E-state index < -0.39 is 0 Å². The summed E-state index contributed by atoms with van der Waals surface area (Å²) in [5, 5.41) is 9.49. The lowest BCUT2D eigenvalue weighted by molar-refractivity contribution is 0.482. The highest BCUT2D eigenvalue weighted by Gasteiger charge is 2.17. The van der Waals surface area contributed by atoms with Gasteiger partial charge in [-0.1, -0.05) is 39.8 Å². The van der Waals surface area contributed by atoms with Crippen LogP contribution in [0.1, 0.15) is 11.3 Å². The van der Waals surface area contributed by atoms with Crippen LogP contribution in [-0.2, 0) is 12.3 Å². The molecule has 0 aliphatic rings. The Kier molecular flexibility index (Phi) is 4.76. The molecule has 1 aromatic carbocycles. The zero-order valence-corrected chi connectivity index (χ0v) is 15.5. The minimum atomic E-state index is 0.552. The lowest BCUT2D eigenvalue weighted by Crippen LogP contribution is -2.03. The molecule has 4 rings (SSSR count). The Morgan fingerprint density at radius 3 is 2.64 bits per heavy atom. The van der Waals surface area contributed by atoms with Crippen LogP contribution in [-0.4, -0.2) is 14.8 Å². The molecular formula is C18H14BrN3O2S. The first kappa shape index (κ1) is 16.2. The molecule has 7 heteroatoms. The van der Waals surface area contributed by atoms with Gasteiger partial charge in [-0.05, 0) is 42.0 Å². The number of thioether (sulfide) groups is 1. The third kappa shape index (κ3) is 3.72. The summed E-state index contributed by atoms with van der Waals surface area (Å²) in [6.07, 6.45) is 3.30. The first-order valence-corrected chi connectivity index (χ1v) is 9.44. The van der Waals surface area contributed by atoms with Crippen LogP contribution in [0.5, 0.6) is 0 Å². The maximum absolute atomic E-state index is 5.50. The van der Waals surface area contributed by atoms with E-state index in [9.17, 15) is 0 Å². The number of hydrogen-bond acceptors (Lipinski definition) is 5. The number of halogens is 1. The van der Waals surface area contributed by atoms with E-state index in [1.165, 1.54) is 5.56 Å². The summed E-state index contributed by atoms with van der Waals surface area (Å²) >= 11 is 5.14. The van der Waals surface area contributed by atoms with E-state index >= 15 is 0 Å². The smallest absolute Gasteiger partial charge is 0.200 e. The summed E-state index contributed by atoms with van der Waals surface area (Å²) in [7, 11) is 0. The fourth-order valence-corrected chi connectivity index (χ4v) is 3.79. The molecule has 0 radical (unpaired) electrons. The van der Waals surface area contributed by atoms with Crippen molar-refractivity contribution >= 4 is 27.7 Å². The first-order chi connectivity index (χ1) is 12.3. The predicted molar refractivity (Wildman–Crippen MR) is 99.2 cm³/mol. The Hall–Kier alpha value is -2.25. The van der Waals surface area contributed by atoms with E-state index in [4.69, 9.17) is 8.83 Å². The highest BCUT2D eigenvalue weighted by Crippen LogP contribution is 2.28. The Labute approximate surface area is 157 Å². The summed E-state index contributed by atoms with van der Waals surface area (Å²) in [6.45, 7) is 0.552. The molecule has 0 aliphatic heterocycles. The largest absolute Gasteiger partial charge is 0.467 e. The maximum Gasteiger partial charge on any atom is 0.200 e. The first-order valence-electron chi connectivity index (χ1n) is 7.66. The third-order valence-electron chi connectivity index (χ3n) is 3.61. The molecule has 0 fully saturated rings. The molecule has 0 saturated carbocycles. The Morgan fingerprint density at radius 1 is 1.00 bits per heavy atom. The van der Waals surface area contributed by atoms with Crippen molar-refractivity contribution in [3.8, 4) is 11.6 Å². The number of furan rings is 2. The molecule has 0 bridgehead atoms. The molecule has 0 N–H and O–H groups in total. The highest BCUT2D eigenvalue weighted by molar-refractivity contribution is 9.10.